The van der Waals surface area contributed by atoms with E-state index in [1.807, 2.05) is 0 Å². The van der Waals surface area contributed by atoms with E-state index in [-0.39, 0.29) is 26.1 Å². The Bertz CT molecular complexity index is 1140. The van der Waals surface area contributed by atoms with E-state index in [2.05, 4.69) is 13.8 Å². The molecule has 0 saturated carbocycles. The van der Waals surface area contributed by atoms with Crippen molar-refractivity contribution in [1.82, 2.24) is 0 Å². The van der Waals surface area contributed by atoms with Gasteiger partial charge in [0.2, 0.25) is 0 Å². The average Bonchev–Trinajstić information content (AvgIpc) is 3.32. The highest BCUT2D eigenvalue weighted by atomic mass is 16.7. The molecule has 0 aromatic rings. The third-order valence-electron chi connectivity index (χ3n) is 14.0. The van der Waals surface area contributed by atoms with Crippen LogP contribution in [0.3, 0.4) is 0 Å². The smallest absolute Gasteiger partial charge is 0.335 e. The number of hydrogen-bond acceptors (Lipinski definition) is 10. The van der Waals surface area contributed by atoms with Crippen LogP contribution in [0.5, 0.6) is 0 Å². The Kier molecular flexibility index (Phi) is 44.9. The van der Waals surface area contributed by atoms with Gasteiger partial charge in [0.05, 0.1) is 6.61 Å². The van der Waals surface area contributed by atoms with E-state index < -0.39 is 54.7 Å². The van der Waals surface area contributed by atoms with Gasteiger partial charge in [-0.1, -0.05) is 271 Å². The highest BCUT2D eigenvalue weighted by Crippen LogP contribution is 2.24. The van der Waals surface area contributed by atoms with Crippen molar-refractivity contribution in [2.75, 3.05) is 13.2 Å². The molecular formula is C57H108O11. The van der Waals surface area contributed by atoms with Gasteiger partial charge < -0.3 is 39.4 Å². The minimum absolute atomic E-state index is 0.192. The molecule has 4 N–H and O–H groups in total. The minimum Gasteiger partial charge on any atom is -0.479 e. The number of esters is 2. The minimum atomic E-state index is -1.86. The van der Waals surface area contributed by atoms with Gasteiger partial charge >= 0.3 is 17.9 Å². The van der Waals surface area contributed by atoms with Crippen molar-refractivity contribution in [3.63, 3.8) is 0 Å². The SMILES string of the molecule is CCCCCCCCCCCCCCCCCCCCCCCCC(=O)OCC(COC1OC(C(=O)O)C(O)C(O)C1O)OC(=O)CCCCCCCCCCCCCCCCCCCCCC. The fraction of sp³-hybridized carbons (Fsp3) is 0.947. The number of ether oxygens (including phenoxy) is 4. The molecule has 402 valence electrons. The Morgan fingerprint density at radius 1 is 0.397 bits per heavy atom. The topological polar surface area (TPSA) is 169 Å². The zero-order valence-electron chi connectivity index (χ0n) is 44.1. The van der Waals surface area contributed by atoms with Crippen LogP contribution < -0.4 is 0 Å². The molecule has 1 saturated heterocycles. The van der Waals surface area contributed by atoms with Crippen LogP contribution in [0.2, 0.25) is 0 Å². The van der Waals surface area contributed by atoms with Crippen molar-refractivity contribution < 1.29 is 53.8 Å². The van der Waals surface area contributed by atoms with Crippen LogP contribution in [0, 0.1) is 0 Å². The van der Waals surface area contributed by atoms with E-state index in [1.54, 1.807) is 0 Å². The predicted octanol–water partition coefficient (Wildman–Crippen LogP) is 14.6. The van der Waals surface area contributed by atoms with Gasteiger partial charge in [-0.05, 0) is 12.8 Å². The van der Waals surface area contributed by atoms with Crippen LogP contribution in [0.1, 0.15) is 296 Å². The van der Waals surface area contributed by atoms with E-state index in [9.17, 15) is 34.8 Å². The van der Waals surface area contributed by atoms with E-state index in [0.717, 1.165) is 38.5 Å². The molecule has 0 aromatic carbocycles. The first-order valence-electron chi connectivity index (χ1n) is 29.1. The van der Waals surface area contributed by atoms with Crippen LogP contribution >= 0.6 is 0 Å². The molecule has 0 spiro atoms. The lowest BCUT2D eigenvalue weighted by atomic mass is 9.99. The highest BCUT2D eigenvalue weighted by molar-refractivity contribution is 5.73. The number of aliphatic hydroxyl groups excluding tert-OH is 3. The summed E-state index contributed by atoms with van der Waals surface area (Å²) in [5.41, 5.74) is 0. The molecule has 11 nitrogen and oxygen atoms in total. The first kappa shape index (κ1) is 64.2. The fourth-order valence-corrected chi connectivity index (χ4v) is 9.41. The van der Waals surface area contributed by atoms with Crippen LogP contribution in [0.25, 0.3) is 0 Å². The van der Waals surface area contributed by atoms with Crippen molar-refractivity contribution >= 4 is 17.9 Å². The van der Waals surface area contributed by atoms with Crippen molar-refractivity contribution in [3.8, 4) is 0 Å². The summed E-state index contributed by atoms with van der Waals surface area (Å²) in [6, 6.07) is 0. The van der Waals surface area contributed by atoms with Crippen LogP contribution in [-0.2, 0) is 33.3 Å². The van der Waals surface area contributed by atoms with Gasteiger partial charge in [0.25, 0.3) is 0 Å². The lowest BCUT2D eigenvalue weighted by molar-refractivity contribution is -0.298. The predicted molar refractivity (Wildman–Crippen MR) is 276 cm³/mol. The summed E-state index contributed by atoms with van der Waals surface area (Å²) in [6.45, 7) is 3.89. The second kappa shape index (κ2) is 47.5. The van der Waals surface area contributed by atoms with Gasteiger partial charge in [-0.3, -0.25) is 9.59 Å². The molecule has 1 fully saturated rings. The number of unbranched alkanes of at least 4 members (excludes halogenated alkanes) is 40. The Labute approximate surface area is 416 Å². The van der Waals surface area contributed by atoms with Gasteiger partial charge in [0.15, 0.2) is 18.5 Å². The zero-order chi connectivity index (χ0) is 49.6. The first-order chi connectivity index (χ1) is 33.2. The molecule has 1 rings (SSSR count). The molecule has 1 heterocycles. The van der Waals surface area contributed by atoms with Crippen molar-refractivity contribution in [3.05, 3.63) is 0 Å². The number of carboxylic acid groups (broad SMARTS) is 1. The largest absolute Gasteiger partial charge is 0.479 e. The van der Waals surface area contributed by atoms with Crippen LogP contribution in [0.15, 0.2) is 0 Å². The second-order valence-electron chi connectivity index (χ2n) is 20.5. The summed E-state index contributed by atoms with van der Waals surface area (Å²) >= 11 is 0. The maximum Gasteiger partial charge on any atom is 0.335 e. The molecule has 0 aromatic heterocycles. The average molecular weight is 969 g/mol. The van der Waals surface area contributed by atoms with E-state index >= 15 is 0 Å². The summed E-state index contributed by atoms with van der Waals surface area (Å²) in [4.78, 5) is 37.1. The number of hydrogen-bond donors (Lipinski definition) is 4. The fourth-order valence-electron chi connectivity index (χ4n) is 9.41. The first-order valence-corrected chi connectivity index (χ1v) is 29.1. The molecule has 1 aliphatic rings. The van der Waals surface area contributed by atoms with E-state index in [1.165, 1.54) is 218 Å². The summed E-state index contributed by atoms with van der Waals surface area (Å²) in [5.74, 6) is -2.41. The number of carbonyl (C=O) groups excluding carboxylic acids is 2. The molecule has 6 unspecified atom stereocenters. The van der Waals surface area contributed by atoms with Crippen LogP contribution in [0.4, 0.5) is 0 Å². The maximum absolute atomic E-state index is 12.9. The van der Waals surface area contributed by atoms with Crippen molar-refractivity contribution in [1.29, 1.82) is 0 Å². The molecule has 1 aliphatic heterocycles. The Morgan fingerprint density at radius 2 is 0.691 bits per heavy atom. The third kappa shape index (κ3) is 38.0. The molecular weight excluding hydrogens is 861 g/mol. The number of aliphatic carboxylic acids is 1. The monoisotopic (exact) mass is 969 g/mol. The Balaban J connectivity index is 2.21. The van der Waals surface area contributed by atoms with Gasteiger partial charge in [-0.25, -0.2) is 4.79 Å². The quantitative estimate of drug-likeness (QED) is 0.0338. The molecule has 0 bridgehead atoms. The Morgan fingerprint density at radius 3 is 1.00 bits per heavy atom. The maximum atomic E-state index is 12.9. The molecule has 0 amide bonds. The summed E-state index contributed by atoms with van der Waals surface area (Å²) < 4.78 is 21.9. The van der Waals surface area contributed by atoms with Gasteiger partial charge in [-0.15, -0.1) is 0 Å². The van der Waals surface area contributed by atoms with Crippen molar-refractivity contribution in [2.45, 2.75) is 333 Å². The van der Waals surface area contributed by atoms with Gasteiger partial charge in [-0.2, -0.15) is 0 Å². The number of rotatable bonds is 51. The number of carboxylic acids is 1. The highest BCUT2D eigenvalue weighted by Gasteiger charge is 2.47. The van der Waals surface area contributed by atoms with Gasteiger partial charge in [0.1, 0.15) is 24.9 Å². The molecule has 0 aliphatic carbocycles. The molecule has 68 heavy (non-hydrogen) atoms. The normalized spacial score (nSPS) is 18.8. The lowest BCUT2D eigenvalue weighted by Crippen LogP contribution is -2.60. The second-order valence-corrected chi connectivity index (χ2v) is 20.5. The summed E-state index contributed by atoms with van der Waals surface area (Å²) in [6.07, 6.45) is 44.5. The zero-order valence-corrected chi connectivity index (χ0v) is 44.1. The standard InChI is InChI=1S/C57H108O11/c1-3-5-7-9-11-13-15-17-19-21-23-25-26-28-29-31-33-35-37-39-41-43-45-50(58)65-47-49(48-66-57-54(62)52(60)53(61)55(68-57)56(63)64)67-51(59)46-44-42-40-38-36-34-32-30-27-24-22-20-18-16-14-12-10-8-6-4-2/h49,52-55,57,60-62H,3-48H2,1-2H3,(H,63,64). The van der Waals surface area contributed by atoms with E-state index in [0.29, 0.717) is 12.8 Å². The van der Waals surface area contributed by atoms with E-state index in [4.69, 9.17) is 18.9 Å². The van der Waals surface area contributed by atoms with Crippen LogP contribution in [-0.4, -0.2) is 88.4 Å². The third-order valence-corrected chi connectivity index (χ3v) is 14.0. The van der Waals surface area contributed by atoms with Crippen molar-refractivity contribution in [2.24, 2.45) is 0 Å². The van der Waals surface area contributed by atoms with Gasteiger partial charge in [0, 0.05) is 12.8 Å². The number of carbonyl (C=O) groups is 3. The lowest BCUT2D eigenvalue weighted by Gasteiger charge is -2.38. The molecule has 11 heteroatoms. The molecule has 6 atom stereocenters. The number of aliphatic hydroxyl groups is 3. The summed E-state index contributed by atoms with van der Waals surface area (Å²) in [7, 11) is 0. The Hall–Kier alpha value is -1.79. The molecule has 0 radical (unpaired) electrons. The summed E-state index contributed by atoms with van der Waals surface area (Å²) in [5, 5.41) is 40.0.